The van der Waals surface area contributed by atoms with Gasteiger partial charge in [-0.2, -0.15) is 0 Å². The molecule has 20 heavy (non-hydrogen) atoms. The van der Waals surface area contributed by atoms with Gasteiger partial charge in [0.15, 0.2) is 0 Å². The van der Waals surface area contributed by atoms with Crippen LogP contribution in [0.5, 0.6) is 0 Å². The average molecular weight is 563 g/mol. The number of benzene rings is 2. The predicted molar refractivity (Wildman–Crippen MR) is 110 cm³/mol. The molecule has 0 aliphatic rings. The molecule has 0 amide bonds. The minimum absolute atomic E-state index is 0.395. The summed E-state index contributed by atoms with van der Waals surface area (Å²) >= 11 is 14.3. The Kier molecular flexibility index (Phi) is 6.98. The van der Waals surface area contributed by atoms with Gasteiger partial charge in [0.1, 0.15) is 0 Å². The summed E-state index contributed by atoms with van der Waals surface area (Å²) in [5.74, 6) is 0. The van der Waals surface area contributed by atoms with Crippen LogP contribution in [-0.4, -0.2) is 7.05 Å². The van der Waals surface area contributed by atoms with Gasteiger partial charge in [-0.3, -0.25) is 0 Å². The fourth-order valence-corrected chi connectivity index (χ4v) is 5.31. The largest absolute Gasteiger partial charge is 0.345 e. The van der Waals surface area contributed by atoms with E-state index >= 15 is 0 Å². The molecule has 106 valence electrons. The van der Waals surface area contributed by atoms with Gasteiger partial charge in [0.25, 0.3) is 0 Å². The van der Waals surface area contributed by atoms with Crippen molar-refractivity contribution in [2.75, 3.05) is 11.9 Å². The Morgan fingerprint density at radius 2 is 0.950 bits per heavy atom. The number of nitrogens with zero attached hydrogens (tertiary/aromatic N) is 1. The monoisotopic (exact) mass is 559 g/mol. The first-order valence-corrected chi connectivity index (χ1v) is 16.4. The van der Waals surface area contributed by atoms with E-state index in [1.807, 2.05) is 0 Å². The van der Waals surface area contributed by atoms with E-state index in [-0.39, 0.29) is 0 Å². The lowest BCUT2D eigenvalue weighted by atomic mass is 10.2. The molecule has 0 fully saturated rings. The molecule has 0 spiro atoms. The lowest BCUT2D eigenvalue weighted by Crippen LogP contribution is -2.11. The van der Waals surface area contributed by atoms with Crippen LogP contribution < -0.4 is 15.5 Å². The van der Waals surface area contributed by atoms with Crippen molar-refractivity contribution >= 4 is 94.6 Å². The molecule has 0 atom stereocenters. The van der Waals surface area contributed by atoms with E-state index in [9.17, 15) is 0 Å². The minimum Gasteiger partial charge on any atom is -0.345 e. The van der Waals surface area contributed by atoms with Crippen LogP contribution in [0.25, 0.3) is 0 Å². The van der Waals surface area contributed by atoms with Crippen molar-refractivity contribution in [1.82, 2.24) is 0 Å². The maximum atomic E-state index is 3.57. The molecule has 0 saturated carbocycles. The highest BCUT2D eigenvalue weighted by Crippen LogP contribution is 2.51. The third-order valence-electron chi connectivity index (χ3n) is 2.86. The lowest BCUT2D eigenvalue weighted by molar-refractivity contribution is 1.21. The summed E-state index contributed by atoms with van der Waals surface area (Å²) in [7, 11) is 2.08. The highest BCUT2D eigenvalue weighted by Gasteiger charge is 2.08. The second-order valence-corrected chi connectivity index (χ2v) is 20.2. The maximum Gasteiger partial charge on any atom is 0.0654 e. The summed E-state index contributed by atoms with van der Waals surface area (Å²) in [6.07, 6.45) is 0. The van der Waals surface area contributed by atoms with Crippen molar-refractivity contribution < 1.29 is 0 Å². The summed E-state index contributed by atoms with van der Waals surface area (Å²) < 4.78 is 0. The van der Waals surface area contributed by atoms with Crippen LogP contribution in [0, 0.1) is 0 Å². The van der Waals surface area contributed by atoms with E-state index in [4.69, 9.17) is 0 Å². The van der Waals surface area contributed by atoms with Gasteiger partial charge in [0, 0.05) is 18.4 Å². The van der Waals surface area contributed by atoms with Gasteiger partial charge in [0.05, 0.1) is 10.7 Å². The normalized spacial score (nSPS) is 11.2. The number of hydrogen-bond donors (Lipinski definition) is 0. The molecule has 0 aromatic heterocycles. The number of hydrogen-bond acceptors (Lipinski definition) is 1. The minimum atomic E-state index is -0.395. The van der Waals surface area contributed by atoms with Crippen LogP contribution in [-0.2, 0) is 0 Å². The zero-order chi connectivity index (χ0) is 14.7. The number of halogens is 4. The standard InChI is InChI=1S/C13H11Br4NP2/c1-18(10-2-6-12(7-3-10)19(14)15)11-4-8-13(9-5-11)20(16)17/h2-9H,1H3. The number of rotatable bonds is 4. The highest BCUT2D eigenvalue weighted by molar-refractivity contribution is 9.70. The summed E-state index contributed by atoms with van der Waals surface area (Å²) in [4.78, 5) is 2.18. The quantitative estimate of drug-likeness (QED) is 0.366. The van der Waals surface area contributed by atoms with Gasteiger partial charge in [-0.1, -0.05) is 24.3 Å². The third-order valence-corrected chi connectivity index (χ3v) is 9.16. The molecule has 0 heterocycles. The fourth-order valence-electron chi connectivity index (χ4n) is 1.73. The molecule has 2 aromatic rings. The van der Waals surface area contributed by atoms with Gasteiger partial charge in [-0.25, -0.2) is 0 Å². The molecular formula is C13H11Br4NP2. The highest BCUT2D eigenvalue weighted by atomic mass is 79.9. The van der Waals surface area contributed by atoms with Crippen LogP contribution in [0.15, 0.2) is 48.5 Å². The maximum absolute atomic E-state index is 3.57. The molecule has 0 unspecified atom stereocenters. The average Bonchev–Trinajstić information content (AvgIpc) is 2.46. The van der Waals surface area contributed by atoms with Crippen molar-refractivity contribution in [3.63, 3.8) is 0 Å². The smallest absolute Gasteiger partial charge is 0.0654 e. The number of anilines is 2. The third kappa shape index (κ3) is 4.51. The molecular weight excluding hydrogens is 552 g/mol. The Labute approximate surface area is 154 Å². The Balaban J connectivity index is 2.19. The van der Waals surface area contributed by atoms with E-state index in [0.29, 0.717) is 0 Å². The first-order valence-electron chi connectivity index (χ1n) is 5.66. The summed E-state index contributed by atoms with van der Waals surface area (Å²) in [5.41, 5.74) is 2.36. The van der Waals surface area contributed by atoms with Crippen LogP contribution in [0.4, 0.5) is 11.4 Å². The molecule has 7 heteroatoms. The Hall–Kier alpha value is 1.02. The SMILES string of the molecule is CN(c1ccc(P(Br)Br)cc1)c1ccc(P(Br)Br)cc1. The molecule has 0 radical (unpaired) electrons. The van der Waals surface area contributed by atoms with Crippen molar-refractivity contribution in [1.29, 1.82) is 0 Å². The van der Waals surface area contributed by atoms with Gasteiger partial charge < -0.3 is 4.90 Å². The summed E-state index contributed by atoms with van der Waals surface area (Å²) in [6, 6.07) is 17.1. The van der Waals surface area contributed by atoms with E-state index in [0.717, 1.165) is 0 Å². The zero-order valence-corrected chi connectivity index (χ0v) is 18.6. The van der Waals surface area contributed by atoms with Crippen molar-refractivity contribution in [3.8, 4) is 0 Å². The van der Waals surface area contributed by atoms with Crippen molar-refractivity contribution in [2.45, 2.75) is 0 Å². The molecule has 2 rings (SSSR count). The summed E-state index contributed by atoms with van der Waals surface area (Å²) in [6.45, 7) is 0. The van der Waals surface area contributed by atoms with E-state index in [1.54, 1.807) is 0 Å². The molecule has 0 bridgehead atoms. The Morgan fingerprint density at radius 1 is 0.650 bits per heavy atom. The van der Waals surface area contributed by atoms with Crippen molar-refractivity contribution in [3.05, 3.63) is 48.5 Å². The Bertz CT molecular complexity index is 506. The molecule has 0 aliphatic carbocycles. The van der Waals surface area contributed by atoms with Crippen LogP contribution in [0.3, 0.4) is 0 Å². The Morgan fingerprint density at radius 3 is 1.20 bits per heavy atom. The first-order chi connectivity index (χ1) is 9.49. The fraction of sp³-hybridized carbons (Fsp3) is 0.0769. The topological polar surface area (TPSA) is 3.24 Å². The van der Waals surface area contributed by atoms with E-state index < -0.39 is 10.7 Å². The van der Waals surface area contributed by atoms with Gasteiger partial charge in [0.2, 0.25) is 0 Å². The van der Waals surface area contributed by atoms with Gasteiger partial charge >= 0.3 is 0 Å². The van der Waals surface area contributed by atoms with Crippen LogP contribution in [0.1, 0.15) is 0 Å². The van der Waals surface area contributed by atoms with Crippen molar-refractivity contribution in [2.24, 2.45) is 0 Å². The van der Waals surface area contributed by atoms with E-state index in [2.05, 4.69) is 122 Å². The molecule has 0 aliphatic heterocycles. The van der Waals surface area contributed by atoms with Gasteiger partial charge in [-0.15, -0.1) is 0 Å². The zero-order valence-electron chi connectivity index (χ0n) is 10.5. The molecule has 1 nitrogen and oxygen atoms in total. The second-order valence-electron chi connectivity index (χ2n) is 4.06. The van der Waals surface area contributed by atoms with Crippen LogP contribution >= 0.6 is 72.6 Å². The molecule has 0 N–H and O–H groups in total. The second kappa shape index (κ2) is 8.04. The molecule has 0 saturated heterocycles. The van der Waals surface area contributed by atoms with E-state index in [1.165, 1.54) is 22.0 Å². The lowest BCUT2D eigenvalue weighted by Gasteiger charge is -2.20. The van der Waals surface area contributed by atoms with Crippen LogP contribution in [0.2, 0.25) is 0 Å². The summed E-state index contributed by atoms with van der Waals surface area (Å²) in [5, 5.41) is 1.76. The first kappa shape index (κ1) is 17.4. The molecule has 2 aromatic carbocycles. The predicted octanol–water partition coefficient (Wildman–Crippen LogP) is 6.91. The van der Waals surface area contributed by atoms with Gasteiger partial charge in [-0.05, 0) is 96.8 Å².